The summed E-state index contributed by atoms with van der Waals surface area (Å²) in [6, 6.07) is 39.5. The van der Waals surface area contributed by atoms with Crippen molar-refractivity contribution in [3.8, 4) is 0 Å². The van der Waals surface area contributed by atoms with E-state index in [0.717, 1.165) is 56.6 Å². The van der Waals surface area contributed by atoms with Crippen LogP contribution in [0.3, 0.4) is 0 Å². The molecule has 0 atom stereocenters. The SMILES string of the molecule is O=C1c2ccc(Nc3ccc(Nc4ccc([N+](=O)[O-])cc4)cc3)cc2Cc2cc(Nc3ccc(Nc4ccc([N+](=O)[O-])cc4)cc3)ccc21. The number of carbonyl (C=O) groups excluding carboxylic acids is 1. The molecule has 6 aromatic carbocycles. The highest BCUT2D eigenvalue weighted by molar-refractivity contribution is 6.12. The molecule has 0 bridgehead atoms. The van der Waals surface area contributed by atoms with Crippen LogP contribution in [0.5, 0.6) is 0 Å². The smallest absolute Gasteiger partial charge is 0.269 e. The van der Waals surface area contributed by atoms with Crippen molar-refractivity contribution in [2.75, 3.05) is 21.3 Å². The summed E-state index contributed by atoms with van der Waals surface area (Å²) in [5.41, 5.74) is 9.99. The van der Waals surface area contributed by atoms with Crippen molar-refractivity contribution in [2.45, 2.75) is 6.42 Å². The number of hydrogen-bond donors (Lipinski definition) is 4. The van der Waals surface area contributed by atoms with E-state index in [1.165, 1.54) is 24.3 Å². The molecule has 1 aliphatic rings. The summed E-state index contributed by atoms with van der Waals surface area (Å²) < 4.78 is 0. The molecule has 1 aliphatic carbocycles. The Kier molecular flexibility index (Phi) is 8.13. The minimum atomic E-state index is -0.427. The quantitative estimate of drug-likeness (QED) is 0.0839. The Morgan fingerprint density at radius 3 is 0.980 bits per heavy atom. The Labute approximate surface area is 280 Å². The molecule has 0 radical (unpaired) electrons. The molecule has 0 aromatic heterocycles. The van der Waals surface area contributed by atoms with Crippen LogP contribution in [-0.2, 0) is 6.42 Å². The standard InChI is InChI=1S/C38H28N6O5/c45-38-36-19-13-32(41-28-5-1-26(2-6-28)39-30-9-15-34(16-10-30)43(46)47)22-24(36)21-25-23-33(14-20-37(25)38)42-29-7-3-27(4-8-29)40-31-11-17-35(18-12-31)44(48)49/h1-20,22-23,39-42H,21H2. The molecule has 0 amide bonds. The Balaban J connectivity index is 0.994. The van der Waals surface area contributed by atoms with E-state index in [1.807, 2.05) is 84.9 Å². The predicted octanol–water partition coefficient (Wildman–Crippen LogP) is 9.61. The third-order valence-electron chi connectivity index (χ3n) is 8.16. The lowest BCUT2D eigenvalue weighted by Crippen LogP contribution is -2.15. The number of fused-ring (bicyclic) bond motifs is 2. The highest BCUT2D eigenvalue weighted by Crippen LogP contribution is 2.33. The number of nitrogens with one attached hydrogen (secondary N) is 4. The molecule has 0 aliphatic heterocycles. The molecule has 0 fully saturated rings. The van der Waals surface area contributed by atoms with Crippen molar-refractivity contribution in [3.63, 3.8) is 0 Å². The second-order valence-corrected chi connectivity index (χ2v) is 11.5. The summed E-state index contributed by atoms with van der Waals surface area (Å²) in [7, 11) is 0. The van der Waals surface area contributed by atoms with Crippen molar-refractivity contribution in [3.05, 3.63) is 176 Å². The van der Waals surface area contributed by atoms with Crippen molar-refractivity contribution >= 4 is 62.7 Å². The monoisotopic (exact) mass is 648 g/mol. The molecule has 0 unspecified atom stereocenters. The number of nitro benzene ring substituents is 2. The number of benzene rings is 6. The van der Waals surface area contributed by atoms with Crippen LogP contribution in [0.15, 0.2) is 133 Å². The van der Waals surface area contributed by atoms with E-state index >= 15 is 0 Å². The molecular formula is C38H28N6O5. The lowest BCUT2D eigenvalue weighted by atomic mass is 9.84. The lowest BCUT2D eigenvalue weighted by molar-refractivity contribution is -0.385. The second-order valence-electron chi connectivity index (χ2n) is 11.5. The maximum absolute atomic E-state index is 13.4. The number of anilines is 8. The molecule has 11 heteroatoms. The summed E-state index contributed by atoms with van der Waals surface area (Å²) in [6.45, 7) is 0. The summed E-state index contributed by atoms with van der Waals surface area (Å²) in [5, 5.41) is 35.1. The van der Waals surface area contributed by atoms with E-state index < -0.39 is 9.85 Å². The van der Waals surface area contributed by atoms with Gasteiger partial charge in [0.05, 0.1) is 9.85 Å². The van der Waals surface area contributed by atoms with Gasteiger partial charge in [0.2, 0.25) is 0 Å². The van der Waals surface area contributed by atoms with Crippen LogP contribution in [0.2, 0.25) is 0 Å². The van der Waals surface area contributed by atoms with Crippen LogP contribution < -0.4 is 21.3 Å². The Bertz CT molecular complexity index is 2050. The first-order valence-corrected chi connectivity index (χ1v) is 15.4. The topological polar surface area (TPSA) is 151 Å². The van der Waals surface area contributed by atoms with Gasteiger partial charge in [0.1, 0.15) is 0 Å². The molecule has 240 valence electrons. The van der Waals surface area contributed by atoms with Gasteiger partial charge in [-0.1, -0.05) is 0 Å². The first-order valence-electron chi connectivity index (χ1n) is 15.4. The average Bonchev–Trinajstić information content (AvgIpc) is 3.10. The van der Waals surface area contributed by atoms with Crippen LogP contribution >= 0.6 is 0 Å². The van der Waals surface area contributed by atoms with E-state index in [4.69, 9.17) is 0 Å². The van der Waals surface area contributed by atoms with Crippen molar-refractivity contribution < 1.29 is 14.6 Å². The Hall–Kier alpha value is -7.01. The van der Waals surface area contributed by atoms with Gasteiger partial charge in [-0.15, -0.1) is 0 Å². The van der Waals surface area contributed by atoms with Crippen molar-refractivity contribution in [1.82, 2.24) is 0 Å². The summed E-state index contributed by atoms with van der Waals surface area (Å²) in [6.07, 6.45) is 0.609. The van der Waals surface area contributed by atoms with Gasteiger partial charge in [-0.25, -0.2) is 0 Å². The summed E-state index contributed by atoms with van der Waals surface area (Å²) >= 11 is 0. The van der Waals surface area contributed by atoms with Gasteiger partial charge < -0.3 is 21.3 Å². The van der Waals surface area contributed by atoms with Gasteiger partial charge >= 0.3 is 0 Å². The van der Waals surface area contributed by atoms with E-state index in [-0.39, 0.29) is 17.2 Å². The number of nitro groups is 2. The molecule has 0 spiro atoms. The van der Waals surface area contributed by atoms with Gasteiger partial charge in [-0.05, 0) is 127 Å². The largest absolute Gasteiger partial charge is 0.356 e. The van der Waals surface area contributed by atoms with Crippen LogP contribution in [-0.4, -0.2) is 15.6 Å². The summed E-state index contributed by atoms with van der Waals surface area (Å²) in [4.78, 5) is 34.3. The molecule has 6 aromatic rings. The molecule has 11 nitrogen and oxygen atoms in total. The van der Waals surface area contributed by atoms with Crippen LogP contribution in [0.1, 0.15) is 27.0 Å². The molecule has 49 heavy (non-hydrogen) atoms. The first kappa shape index (κ1) is 30.6. The number of nitrogens with zero attached hydrogens (tertiary/aromatic N) is 2. The van der Waals surface area contributed by atoms with Gasteiger partial charge in [0, 0.05) is 80.9 Å². The number of rotatable bonds is 10. The third kappa shape index (κ3) is 6.91. The fraction of sp³-hybridized carbons (Fsp3) is 0.0263. The average molecular weight is 649 g/mol. The van der Waals surface area contributed by atoms with Crippen LogP contribution in [0.25, 0.3) is 0 Å². The number of ketones is 1. The third-order valence-corrected chi connectivity index (χ3v) is 8.16. The van der Waals surface area contributed by atoms with E-state index in [1.54, 1.807) is 24.3 Å². The minimum absolute atomic E-state index is 0.00214. The van der Waals surface area contributed by atoms with Crippen LogP contribution in [0, 0.1) is 20.2 Å². The Morgan fingerprint density at radius 2 is 0.673 bits per heavy atom. The number of hydrogen-bond acceptors (Lipinski definition) is 9. The van der Waals surface area contributed by atoms with Crippen molar-refractivity contribution in [1.29, 1.82) is 0 Å². The van der Waals surface area contributed by atoms with Gasteiger partial charge in [-0.2, -0.15) is 0 Å². The zero-order chi connectivity index (χ0) is 33.9. The zero-order valence-corrected chi connectivity index (χ0v) is 25.8. The predicted molar refractivity (Wildman–Crippen MR) is 191 cm³/mol. The minimum Gasteiger partial charge on any atom is -0.356 e. The van der Waals surface area contributed by atoms with E-state index in [0.29, 0.717) is 17.5 Å². The fourth-order valence-corrected chi connectivity index (χ4v) is 5.70. The lowest BCUT2D eigenvalue weighted by Gasteiger charge is -2.21. The van der Waals surface area contributed by atoms with E-state index in [9.17, 15) is 25.0 Å². The molecule has 0 saturated carbocycles. The normalized spacial score (nSPS) is 11.6. The first-order chi connectivity index (χ1) is 23.8. The molecule has 0 saturated heterocycles. The number of carbonyl (C=O) groups is 1. The van der Waals surface area contributed by atoms with E-state index in [2.05, 4.69) is 21.3 Å². The number of non-ortho nitro benzene ring substituents is 2. The maximum Gasteiger partial charge on any atom is 0.269 e. The van der Waals surface area contributed by atoms with Crippen molar-refractivity contribution in [2.24, 2.45) is 0 Å². The maximum atomic E-state index is 13.4. The van der Waals surface area contributed by atoms with Gasteiger partial charge in [0.15, 0.2) is 5.78 Å². The highest BCUT2D eigenvalue weighted by Gasteiger charge is 2.24. The van der Waals surface area contributed by atoms with Crippen LogP contribution in [0.4, 0.5) is 56.9 Å². The molecule has 4 N–H and O–H groups in total. The van der Waals surface area contributed by atoms with Gasteiger partial charge in [-0.3, -0.25) is 25.0 Å². The fourth-order valence-electron chi connectivity index (χ4n) is 5.70. The molecule has 0 heterocycles. The summed E-state index contributed by atoms with van der Waals surface area (Å²) in [5.74, 6) is -0.00214. The second kappa shape index (κ2) is 13.0. The zero-order valence-electron chi connectivity index (χ0n) is 25.8. The van der Waals surface area contributed by atoms with Gasteiger partial charge in [0.25, 0.3) is 11.4 Å². The molecular weight excluding hydrogens is 620 g/mol. The highest BCUT2D eigenvalue weighted by atomic mass is 16.6. The Morgan fingerprint density at radius 1 is 0.408 bits per heavy atom. The molecule has 7 rings (SSSR count).